The van der Waals surface area contributed by atoms with E-state index < -0.39 is 12.7 Å². The Morgan fingerprint density at radius 2 is 1.81 bits per heavy atom. The minimum atomic E-state index is -4.17. The summed E-state index contributed by atoms with van der Waals surface area (Å²) in [5, 5.41) is 3.38. The SMILES string of the molecule is CN(Cc1ccc(CNC(C)(C)C)cc1Br)CC(F)(F)F. The van der Waals surface area contributed by atoms with E-state index in [1.165, 1.54) is 11.9 Å². The molecule has 0 amide bonds. The van der Waals surface area contributed by atoms with Crippen LogP contribution in [0, 0.1) is 0 Å². The molecular weight excluding hydrogens is 345 g/mol. The van der Waals surface area contributed by atoms with E-state index in [1.807, 2.05) is 18.2 Å². The molecule has 0 aliphatic carbocycles. The molecule has 1 N–H and O–H groups in total. The van der Waals surface area contributed by atoms with Crippen molar-refractivity contribution in [1.82, 2.24) is 10.2 Å². The standard InChI is InChI=1S/C15H22BrF3N2/c1-14(2,3)20-8-11-5-6-12(13(16)7-11)9-21(4)10-15(17,18)19/h5-7,20H,8-10H2,1-4H3. The number of hydrogen-bond donors (Lipinski definition) is 1. The van der Waals surface area contributed by atoms with E-state index in [0.717, 1.165) is 22.1 Å². The lowest BCUT2D eigenvalue weighted by molar-refractivity contribution is -0.144. The monoisotopic (exact) mass is 366 g/mol. The van der Waals surface area contributed by atoms with Crippen LogP contribution in [0.5, 0.6) is 0 Å². The first kappa shape index (κ1) is 18.5. The maximum absolute atomic E-state index is 12.3. The van der Waals surface area contributed by atoms with Gasteiger partial charge in [0.25, 0.3) is 0 Å². The number of alkyl halides is 3. The van der Waals surface area contributed by atoms with E-state index in [4.69, 9.17) is 0 Å². The third-order valence-corrected chi connectivity index (χ3v) is 3.57. The van der Waals surface area contributed by atoms with E-state index in [1.54, 1.807) is 0 Å². The van der Waals surface area contributed by atoms with Crippen LogP contribution in [0.3, 0.4) is 0 Å². The molecule has 6 heteroatoms. The molecule has 0 radical (unpaired) electrons. The van der Waals surface area contributed by atoms with Gasteiger partial charge in [-0.2, -0.15) is 13.2 Å². The molecule has 0 spiro atoms. The van der Waals surface area contributed by atoms with Crippen molar-refractivity contribution in [3.05, 3.63) is 33.8 Å². The van der Waals surface area contributed by atoms with E-state index in [9.17, 15) is 13.2 Å². The summed E-state index contributed by atoms with van der Waals surface area (Å²) in [4.78, 5) is 1.26. The number of nitrogens with one attached hydrogen (secondary N) is 1. The Hall–Kier alpha value is -0.590. The van der Waals surface area contributed by atoms with Crippen LogP contribution >= 0.6 is 15.9 Å². The molecule has 1 aromatic carbocycles. The fraction of sp³-hybridized carbons (Fsp3) is 0.600. The highest BCUT2D eigenvalue weighted by Gasteiger charge is 2.29. The lowest BCUT2D eigenvalue weighted by Crippen LogP contribution is -2.35. The van der Waals surface area contributed by atoms with Crippen LogP contribution in [0.1, 0.15) is 31.9 Å². The van der Waals surface area contributed by atoms with Crippen LogP contribution in [0.2, 0.25) is 0 Å². The lowest BCUT2D eigenvalue weighted by atomic mass is 10.1. The van der Waals surface area contributed by atoms with Gasteiger partial charge in [0.05, 0.1) is 6.54 Å². The summed E-state index contributed by atoms with van der Waals surface area (Å²) in [6.07, 6.45) is -4.17. The molecule has 0 bridgehead atoms. The van der Waals surface area contributed by atoms with Gasteiger partial charge in [-0.05, 0) is 45.0 Å². The highest BCUT2D eigenvalue weighted by Crippen LogP contribution is 2.22. The fourth-order valence-electron chi connectivity index (χ4n) is 1.85. The Kier molecular flexibility index (Phi) is 6.25. The van der Waals surface area contributed by atoms with Crippen LogP contribution < -0.4 is 5.32 Å². The highest BCUT2D eigenvalue weighted by molar-refractivity contribution is 9.10. The molecule has 120 valence electrons. The zero-order valence-corrected chi connectivity index (χ0v) is 14.4. The normalized spacial score (nSPS) is 13.0. The zero-order chi connectivity index (χ0) is 16.3. The zero-order valence-electron chi connectivity index (χ0n) is 12.8. The van der Waals surface area contributed by atoms with Gasteiger partial charge in [0.1, 0.15) is 0 Å². The fourth-order valence-corrected chi connectivity index (χ4v) is 2.40. The molecule has 1 aromatic rings. The van der Waals surface area contributed by atoms with Crippen molar-refractivity contribution >= 4 is 15.9 Å². The third-order valence-electron chi connectivity index (χ3n) is 2.83. The summed E-state index contributed by atoms with van der Waals surface area (Å²) >= 11 is 3.44. The smallest absolute Gasteiger partial charge is 0.308 e. The first-order chi connectivity index (χ1) is 9.46. The number of halogens is 4. The second-order valence-electron chi connectivity index (χ2n) is 6.32. The Bertz CT molecular complexity index is 467. The first-order valence-corrected chi connectivity index (χ1v) is 7.53. The summed E-state index contributed by atoms with van der Waals surface area (Å²) in [5.41, 5.74) is 1.97. The summed E-state index contributed by atoms with van der Waals surface area (Å²) in [5.74, 6) is 0. The molecule has 0 heterocycles. The molecule has 0 unspecified atom stereocenters. The summed E-state index contributed by atoms with van der Waals surface area (Å²) in [6.45, 7) is 6.33. The number of hydrogen-bond acceptors (Lipinski definition) is 2. The van der Waals surface area contributed by atoms with Gasteiger partial charge in [0.2, 0.25) is 0 Å². The minimum Gasteiger partial charge on any atom is -0.308 e. The largest absolute Gasteiger partial charge is 0.401 e. The van der Waals surface area contributed by atoms with Crippen molar-refractivity contribution in [1.29, 1.82) is 0 Å². The van der Waals surface area contributed by atoms with E-state index in [2.05, 4.69) is 42.0 Å². The van der Waals surface area contributed by atoms with Crippen molar-refractivity contribution in [3.63, 3.8) is 0 Å². The molecule has 0 aromatic heterocycles. The van der Waals surface area contributed by atoms with Crippen LogP contribution in [0.25, 0.3) is 0 Å². The molecule has 1 rings (SSSR count). The molecule has 2 nitrogen and oxygen atoms in total. The summed E-state index contributed by atoms with van der Waals surface area (Å²) in [7, 11) is 1.47. The maximum atomic E-state index is 12.3. The molecular formula is C15H22BrF3N2. The average Bonchev–Trinajstić information content (AvgIpc) is 2.26. The van der Waals surface area contributed by atoms with Crippen LogP contribution in [0.15, 0.2) is 22.7 Å². The van der Waals surface area contributed by atoms with Gasteiger partial charge < -0.3 is 5.32 Å². The van der Waals surface area contributed by atoms with Crippen molar-refractivity contribution in [2.45, 2.75) is 45.6 Å². The Balaban J connectivity index is 2.66. The predicted molar refractivity (Wildman–Crippen MR) is 83.1 cm³/mol. The molecule has 0 saturated heterocycles. The van der Waals surface area contributed by atoms with Gasteiger partial charge in [0.15, 0.2) is 0 Å². The second kappa shape index (κ2) is 7.11. The van der Waals surface area contributed by atoms with E-state index in [-0.39, 0.29) is 12.1 Å². The highest BCUT2D eigenvalue weighted by atomic mass is 79.9. The molecule has 21 heavy (non-hydrogen) atoms. The van der Waals surface area contributed by atoms with Crippen molar-refractivity contribution in [2.24, 2.45) is 0 Å². The summed E-state index contributed by atoms with van der Waals surface area (Å²) < 4.78 is 37.8. The van der Waals surface area contributed by atoms with Gasteiger partial charge in [-0.3, -0.25) is 4.90 Å². The molecule has 0 saturated carbocycles. The number of benzene rings is 1. The third kappa shape index (κ3) is 7.83. The van der Waals surface area contributed by atoms with E-state index >= 15 is 0 Å². The van der Waals surface area contributed by atoms with Crippen LogP contribution in [-0.4, -0.2) is 30.2 Å². The second-order valence-corrected chi connectivity index (χ2v) is 7.17. The minimum absolute atomic E-state index is 0.0259. The Labute approximate surface area is 132 Å². The average molecular weight is 367 g/mol. The van der Waals surface area contributed by atoms with Gasteiger partial charge in [0, 0.05) is 23.1 Å². The van der Waals surface area contributed by atoms with Gasteiger partial charge in [-0.25, -0.2) is 0 Å². The van der Waals surface area contributed by atoms with Crippen molar-refractivity contribution in [3.8, 4) is 0 Å². The lowest BCUT2D eigenvalue weighted by Gasteiger charge is -2.21. The van der Waals surface area contributed by atoms with Crippen molar-refractivity contribution < 1.29 is 13.2 Å². The molecule has 0 fully saturated rings. The quantitative estimate of drug-likeness (QED) is 0.833. The van der Waals surface area contributed by atoms with Gasteiger partial charge >= 0.3 is 6.18 Å². The molecule has 0 aliphatic heterocycles. The molecule has 0 atom stereocenters. The van der Waals surface area contributed by atoms with E-state index in [0.29, 0.717) is 0 Å². The topological polar surface area (TPSA) is 15.3 Å². The van der Waals surface area contributed by atoms with Gasteiger partial charge in [-0.1, -0.05) is 28.1 Å². The maximum Gasteiger partial charge on any atom is 0.401 e. The Morgan fingerprint density at radius 3 is 2.29 bits per heavy atom. The number of nitrogens with zero attached hydrogens (tertiary/aromatic N) is 1. The first-order valence-electron chi connectivity index (χ1n) is 6.74. The van der Waals surface area contributed by atoms with Gasteiger partial charge in [-0.15, -0.1) is 0 Å². The summed E-state index contributed by atoms with van der Waals surface area (Å²) in [6, 6.07) is 5.77. The van der Waals surface area contributed by atoms with Crippen LogP contribution in [-0.2, 0) is 13.1 Å². The molecule has 0 aliphatic rings. The number of rotatable bonds is 5. The van der Waals surface area contributed by atoms with Crippen molar-refractivity contribution in [2.75, 3.05) is 13.6 Å². The Morgan fingerprint density at radius 1 is 1.19 bits per heavy atom. The predicted octanol–water partition coefficient (Wildman–Crippen LogP) is 4.33. The van der Waals surface area contributed by atoms with Crippen LogP contribution in [0.4, 0.5) is 13.2 Å².